The highest BCUT2D eigenvalue weighted by atomic mass is 16.5. The molecule has 0 radical (unpaired) electrons. The van der Waals surface area contributed by atoms with Gasteiger partial charge in [-0.2, -0.15) is 0 Å². The van der Waals surface area contributed by atoms with Gasteiger partial charge in [0, 0.05) is 26.7 Å². The second-order valence-corrected chi connectivity index (χ2v) is 4.35. The molecule has 2 rings (SSSR count). The molecule has 0 saturated carbocycles. The first-order chi connectivity index (χ1) is 9.31. The minimum Gasteiger partial charge on any atom is -0.383 e. The van der Waals surface area contributed by atoms with Crippen LogP contribution >= 0.6 is 0 Å². The smallest absolute Gasteiger partial charge is 0.240 e. The Morgan fingerprint density at radius 1 is 1.74 bits per heavy atom. The zero-order chi connectivity index (χ0) is 13.5. The van der Waals surface area contributed by atoms with Crippen LogP contribution < -0.4 is 10.6 Å². The van der Waals surface area contributed by atoms with Gasteiger partial charge in [0.05, 0.1) is 31.4 Å². The Morgan fingerprint density at radius 2 is 2.63 bits per heavy atom. The first-order valence-electron chi connectivity index (χ1n) is 6.39. The van der Waals surface area contributed by atoms with Crippen molar-refractivity contribution in [2.24, 2.45) is 0 Å². The van der Waals surface area contributed by atoms with Crippen LogP contribution in [-0.4, -0.2) is 55.4 Å². The average Bonchev–Trinajstić information content (AvgIpc) is 2.88. The molecular formula is C12H20N4O3. The second-order valence-electron chi connectivity index (χ2n) is 4.35. The fourth-order valence-corrected chi connectivity index (χ4v) is 1.99. The van der Waals surface area contributed by atoms with Crippen molar-refractivity contribution in [1.82, 2.24) is 20.2 Å². The summed E-state index contributed by atoms with van der Waals surface area (Å²) in [5.74, 6) is -0.0555. The van der Waals surface area contributed by atoms with Gasteiger partial charge in [0.25, 0.3) is 0 Å². The Hall–Kier alpha value is -1.44. The normalized spacial score (nSPS) is 19.3. The van der Waals surface area contributed by atoms with Crippen molar-refractivity contribution in [3.8, 4) is 0 Å². The Kier molecular flexibility index (Phi) is 5.31. The molecule has 1 aliphatic heterocycles. The third kappa shape index (κ3) is 4.02. The molecule has 7 heteroatoms. The molecule has 0 spiro atoms. The number of nitrogens with zero attached hydrogens (tertiary/aromatic N) is 2. The quantitative estimate of drug-likeness (QED) is 0.668. The van der Waals surface area contributed by atoms with E-state index in [1.807, 2.05) is 4.57 Å². The van der Waals surface area contributed by atoms with E-state index < -0.39 is 0 Å². The molecular weight excluding hydrogens is 248 g/mol. The fraction of sp³-hybridized carbons (Fsp3) is 0.667. The standard InChI is InChI=1S/C12H20N4O3/c1-18-4-3-15-12(17)8-16-9-14-6-10(16)11-7-13-2-5-19-11/h6,9,11,13H,2-5,7-8H2,1H3,(H,15,17). The largest absolute Gasteiger partial charge is 0.383 e. The van der Waals surface area contributed by atoms with Crippen molar-refractivity contribution in [2.45, 2.75) is 12.6 Å². The molecule has 1 amide bonds. The summed E-state index contributed by atoms with van der Waals surface area (Å²) in [6.07, 6.45) is 3.37. The molecule has 1 saturated heterocycles. The molecule has 1 atom stereocenters. The fourth-order valence-electron chi connectivity index (χ4n) is 1.99. The molecule has 1 fully saturated rings. The molecule has 0 aromatic carbocycles. The number of aromatic nitrogens is 2. The number of ether oxygens (including phenoxy) is 2. The van der Waals surface area contributed by atoms with Crippen LogP contribution in [0.2, 0.25) is 0 Å². The molecule has 1 unspecified atom stereocenters. The van der Waals surface area contributed by atoms with Crippen molar-refractivity contribution in [2.75, 3.05) is 40.0 Å². The van der Waals surface area contributed by atoms with Gasteiger partial charge in [-0.3, -0.25) is 4.79 Å². The molecule has 2 heterocycles. The molecule has 2 N–H and O–H groups in total. The van der Waals surface area contributed by atoms with Crippen LogP contribution in [0.5, 0.6) is 0 Å². The van der Waals surface area contributed by atoms with E-state index in [1.54, 1.807) is 19.6 Å². The molecule has 0 aliphatic carbocycles. The van der Waals surface area contributed by atoms with E-state index in [4.69, 9.17) is 9.47 Å². The number of methoxy groups -OCH3 is 1. The van der Waals surface area contributed by atoms with Crippen molar-refractivity contribution >= 4 is 5.91 Å². The number of carbonyl (C=O) groups is 1. The molecule has 19 heavy (non-hydrogen) atoms. The summed E-state index contributed by atoms with van der Waals surface area (Å²) >= 11 is 0. The van der Waals surface area contributed by atoms with Crippen LogP contribution in [0.4, 0.5) is 0 Å². The minimum absolute atomic E-state index is 0.0389. The number of imidazole rings is 1. The minimum atomic E-state index is -0.0555. The number of hydrogen-bond donors (Lipinski definition) is 2. The predicted molar refractivity (Wildman–Crippen MR) is 68.7 cm³/mol. The van der Waals surface area contributed by atoms with Gasteiger partial charge in [0.1, 0.15) is 12.6 Å². The highest BCUT2D eigenvalue weighted by Crippen LogP contribution is 2.17. The van der Waals surface area contributed by atoms with Crippen molar-refractivity contribution < 1.29 is 14.3 Å². The summed E-state index contributed by atoms with van der Waals surface area (Å²) in [6, 6.07) is 0. The van der Waals surface area contributed by atoms with E-state index >= 15 is 0 Å². The van der Waals surface area contributed by atoms with E-state index in [-0.39, 0.29) is 18.6 Å². The lowest BCUT2D eigenvalue weighted by molar-refractivity contribution is -0.121. The molecule has 1 aliphatic rings. The summed E-state index contributed by atoms with van der Waals surface area (Å²) < 4.78 is 12.4. The Labute approximate surface area is 112 Å². The zero-order valence-corrected chi connectivity index (χ0v) is 11.1. The van der Waals surface area contributed by atoms with Gasteiger partial charge < -0.3 is 24.7 Å². The van der Waals surface area contributed by atoms with Crippen molar-refractivity contribution in [3.05, 3.63) is 18.2 Å². The molecule has 106 valence electrons. The number of carbonyl (C=O) groups excluding carboxylic acids is 1. The monoisotopic (exact) mass is 268 g/mol. The molecule has 0 bridgehead atoms. The topological polar surface area (TPSA) is 77.4 Å². The Bertz CT molecular complexity index is 401. The van der Waals surface area contributed by atoms with Crippen LogP contribution in [0, 0.1) is 0 Å². The van der Waals surface area contributed by atoms with E-state index in [0.29, 0.717) is 19.8 Å². The van der Waals surface area contributed by atoms with Crippen molar-refractivity contribution in [3.63, 3.8) is 0 Å². The van der Waals surface area contributed by atoms with Gasteiger partial charge in [0.15, 0.2) is 0 Å². The maximum absolute atomic E-state index is 11.7. The first-order valence-corrected chi connectivity index (χ1v) is 6.39. The number of morpholine rings is 1. The van der Waals surface area contributed by atoms with Crippen LogP contribution in [0.3, 0.4) is 0 Å². The molecule has 7 nitrogen and oxygen atoms in total. The van der Waals surface area contributed by atoms with Crippen molar-refractivity contribution in [1.29, 1.82) is 0 Å². The highest BCUT2D eigenvalue weighted by molar-refractivity contribution is 5.75. The number of hydrogen-bond acceptors (Lipinski definition) is 5. The predicted octanol–water partition coefficient (Wildman–Crippen LogP) is -0.693. The van der Waals surface area contributed by atoms with Gasteiger partial charge in [0.2, 0.25) is 5.91 Å². The SMILES string of the molecule is COCCNC(=O)Cn1cncc1C1CNCCO1. The lowest BCUT2D eigenvalue weighted by atomic mass is 10.2. The van der Waals surface area contributed by atoms with E-state index in [1.165, 1.54) is 0 Å². The number of rotatable bonds is 6. The van der Waals surface area contributed by atoms with Crippen LogP contribution in [0.15, 0.2) is 12.5 Å². The van der Waals surface area contributed by atoms with Gasteiger partial charge in [-0.05, 0) is 0 Å². The van der Waals surface area contributed by atoms with Gasteiger partial charge in [-0.25, -0.2) is 4.98 Å². The summed E-state index contributed by atoms with van der Waals surface area (Å²) in [4.78, 5) is 15.8. The number of nitrogens with one attached hydrogen (secondary N) is 2. The molecule has 1 aromatic heterocycles. The summed E-state index contributed by atoms with van der Waals surface area (Å²) in [5, 5.41) is 6.05. The third-order valence-corrected chi connectivity index (χ3v) is 2.94. The highest BCUT2D eigenvalue weighted by Gasteiger charge is 2.20. The summed E-state index contributed by atoms with van der Waals surface area (Å²) in [7, 11) is 1.60. The van der Waals surface area contributed by atoms with Crippen LogP contribution in [0.1, 0.15) is 11.8 Å². The second kappa shape index (κ2) is 7.22. The Morgan fingerprint density at radius 3 is 3.37 bits per heavy atom. The maximum atomic E-state index is 11.7. The summed E-state index contributed by atoms with van der Waals surface area (Å²) in [5.41, 5.74) is 0.925. The first kappa shape index (κ1) is 14.0. The van der Waals surface area contributed by atoms with Crippen LogP contribution in [0.25, 0.3) is 0 Å². The van der Waals surface area contributed by atoms with Gasteiger partial charge in [-0.15, -0.1) is 0 Å². The zero-order valence-electron chi connectivity index (χ0n) is 11.1. The van der Waals surface area contributed by atoms with Gasteiger partial charge in [-0.1, -0.05) is 0 Å². The molecule has 1 aromatic rings. The maximum Gasteiger partial charge on any atom is 0.240 e. The van der Waals surface area contributed by atoms with Gasteiger partial charge >= 0.3 is 0 Å². The average molecular weight is 268 g/mol. The summed E-state index contributed by atoms with van der Waals surface area (Å²) in [6.45, 7) is 3.56. The lowest BCUT2D eigenvalue weighted by Gasteiger charge is -2.24. The van der Waals surface area contributed by atoms with E-state index in [9.17, 15) is 4.79 Å². The van der Waals surface area contributed by atoms with E-state index in [2.05, 4.69) is 15.6 Å². The lowest BCUT2D eigenvalue weighted by Crippen LogP contribution is -2.35. The number of amides is 1. The Balaban J connectivity index is 1.89. The third-order valence-electron chi connectivity index (χ3n) is 2.94. The van der Waals surface area contributed by atoms with E-state index in [0.717, 1.165) is 18.8 Å². The van der Waals surface area contributed by atoms with Crippen LogP contribution in [-0.2, 0) is 20.8 Å².